The molecule has 1 atom stereocenters. The molecule has 196 valence electrons. The molecule has 3 aliphatic heterocycles. The number of carbonyl (C=O) groups excluding carboxylic acids is 3. The lowest BCUT2D eigenvalue weighted by Gasteiger charge is -2.29. The van der Waals surface area contributed by atoms with E-state index in [-0.39, 0.29) is 67.9 Å². The van der Waals surface area contributed by atoms with Crippen LogP contribution in [0.15, 0.2) is 18.3 Å². The number of nitrogens with one attached hydrogen (secondary N) is 3. The van der Waals surface area contributed by atoms with Crippen molar-refractivity contribution in [2.24, 2.45) is 0 Å². The van der Waals surface area contributed by atoms with E-state index in [2.05, 4.69) is 25.9 Å². The Morgan fingerprint density at radius 2 is 2.16 bits per heavy atom. The molecule has 1 aromatic carbocycles. The van der Waals surface area contributed by atoms with E-state index < -0.39 is 16.8 Å². The summed E-state index contributed by atoms with van der Waals surface area (Å²) in [5, 5.41) is 8.69. The summed E-state index contributed by atoms with van der Waals surface area (Å²) in [5.74, 6) is -0.622. The van der Waals surface area contributed by atoms with Crippen molar-refractivity contribution >= 4 is 52.7 Å². The highest BCUT2D eigenvalue weighted by Crippen LogP contribution is 2.40. The fourth-order valence-corrected chi connectivity index (χ4v) is 4.72. The van der Waals surface area contributed by atoms with Crippen LogP contribution >= 0.6 is 11.8 Å². The Hall–Kier alpha value is -3.85. The Kier molecular flexibility index (Phi) is 6.64. The average Bonchev–Trinajstić information content (AvgIpc) is 3.23. The highest BCUT2D eigenvalue weighted by Gasteiger charge is 2.46. The number of ether oxygens (including phenoxy) is 3. The van der Waals surface area contributed by atoms with Gasteiger partial charge in [-0.15, -0.1) is 11.8 Å². The monoisotopic (exact) mass is 533 g/mol. The minimum absolute atomic E-state index is 0.0116. The number of halogens is 1. The van der Waals surface area contributed by atoms with Crippen LogP contribution in [0.2, 0.25) is 0 Å². The summed E-state index contributed by atoms with van der Waals surface area (Å²) in [6.07, 6.45) is 2.58. The minimum atomic E-state index is -0.928. The highest BCUT2D eigenvalue weighted by atomic mass is 32.2. The first-order valence-electron chi connectivity index (χ1n) is 11.3. The third-order valence-corrected chi connectivity index (χ3v) is 7.11. The Balaban J connectivity index is 1.19. The fourth-order valence-electron chi connectivity index (χ4n) is 4.06. The van der Waals surface area contributed by atoms with Gasteiger partial charge in [-0.25, -0.2) is 19.2 Å². The van der Waals surface area contributed by atoms with Gasteiger partial charge in [0.25, 0.3) is 11.8 Å². The van der Waals surface area contributed by atoms with Gasteiger partial charge in [0.15, 0.2) is 34.7 Å². The Bertz CT molecular complexity index is 1270. The molecule has 3 amide bonds. The molecule has 2 aromatic rings. The zero-order valence-corrected chi connectivity index (χ0v) is 20.8. The first-order valence-corrected chi connectivity index (χ1v) is 12.5. The van der Waals surface area contributed by atoms with Crippen LogP contribution < -0.4 is 35.2 Å². The third-order valence-electron chi connectivity index (χ3n) is 6.01. The van der Waals surface area contributed by atoms with Gasteiger partial charge in [0.05, 0.1) is 25.0 Å². The zero-order chi connectivity index (χ0) is 26.2. The number of thioether (sulfide) groups is 1. The molecule has 1 fully saturated rings. The molecule has 0 aliphatic carbocycles. The quantitative estimate of drug-likeness (QED) is 0.418. The normalized spacial score (nSPS) is 20.5. The molecule has 4 heterocycles. The first-order chi connectivity index (χ1) is 17.8. The number of hydrogen-bond donors (Lipinski definition) is 3. The second-order valence-electron chi connectivity index (χ2n) is 8.39. The molecule has 5 rings (SSSR count). The van der Waals surface area contributed by atoms with Gasteiger partial charge in [0.1, 0.15) is 12.3 Å². The van der Waals surface area contributed by atoms with Crippen molar-refractivity contribution in [1.29, 1.82) is 0 Å². The topological polar surface area (TPSA) is 147 Å². The van der Waals surface area contributed by atoms with Gasteiger partial charge in [-0.3, -0.25) is 14.5 Å². The number of likely N-dealkylation sites (N-methyl/N-ethyl adjacent to an activating group) is 1. The van der Waals surface area contributed by atoms with Crippen molar-refractivity contribution in [1.82, 2.24) is 15.3 Å². The van der Waals surface area contributed by atoms with E-state index in [9.17, 15) is 18.8 Å². The first kappa shape index (κ1) is 24.8. The molecule has 0 radical (unpaired) electrons. The summed E-state index contributed by atoms with van der Waals surface area (Å²) in [6.45, 7) is 0.838. The number of amides is 3. The van der Waals surface area contributed by atoms with Crippen LogP contribution in [0.5, 0.6) is 11.6 Å². The second kappa shape index (κ2) is 9.89. The van der Waals surface area contributed by atoms with Gasteiger partial charge in [-0.1, -0.05) is 0 Å². The van der Waals surface area contributed by atoms with Crippen molar-refractivity contribution in [2.45, 2.75) is 4.93 Å². The van der Waals surface area contributed by atoms with Crippen LogP contribution in [0.4, 0.5) is 32.2 Å². The molecule has 0 bridgehead atoms. The fraction of sp³-hybridized carbons (Fsp3) is 0.409. The van der Waals surface area contributed by atoms with Crippen molar-refractivity contribution in [2.75, 3.05) is 73.1 Å². The van der Waals surface area contributed by atoms with E-state index in [1.54, 1.807) is 13.1 Å². The molecule has 13 nitrogen and oxygen atoms in total. The van der Waals surface area contributed by atoms with Crippen LogP contribution in [0.25, 0.3) is 0 Å². The summed E-state index contributed by atoms with van der Waals surface area (Å²) in [5.41, 5.74) is 0.965. The number of benzene rings is 1. The Morgan fingerprint density at radius 3 is 2.97 bits per heavy atom. The average molecular weight is 534 g/mol. The SMILES string of the molecule is CS[C@]1(CNCCOc2c(F)ccc3c2N(C)C(=O)CN3)CN(c2cnc3c(n2)NC(=O)CO3)C(=O)O1. The van der Waals surface area contributed by atoms with Crippen LogP contribution in [0, 0.1) is 5.82 Å². The van der Waals surface area contributed by atoms with Gasteiger partial charge >= 0.3 is 6.09 Å². The van der Waals surface area contributed by atoms with Gasteiger partial charge in [0, 0.05) is 20.1 Å². The summed E-state index contributed by atoms with van der Waals surface area (Å²) >= 11 is 1.34. The van der Waals surface area contributed by atoms with Gasteiger partial charge < -0.3 is 35.1 Å². The minimum Gasteiger partial charge on any atom is -0.487 e. The van der Waals surface area contributed by atoms with E-state index in [0.717, 1.165) is 0 Å². The van der Waals surface area contributed by atoms with Crippen LogP contribution in [0.1, 0.15) is 0 Å². The Labute approximate surface area is 215 Å². The number of cyclic esters (lactones) is 1. The number of carbonyl (C=O) groups is 3. The molecule has 0 saturated carbocycles. The predicted octanol–water partition coefficient (Wildman–Crippen LogP) is 1.02. The lowest BCUT2D eigenvalue weighted by Crippen LogP contribution is -2.42. The molecular formula is C22H24FN7O6S. The van der Waals surface area contributed by atoms with E-state index in [1.807, 2.05) is 6.26 Å². The predicted molar refractivity (Wildman–Crippen MR) is 133 cm³/mol. The van der Waals surface area contributed by atoms with E-state index in [0.29, 0.717) is 17.9 Å². The summed E-state index contributed by atoms with van der Waals surface area (Å²) in [7, 11) is 1.57. The van der Waals surface area contributed by atoms with Crippen molar-refractivity contribution in [3.8, 4) is 11.6 Å². The molecule has 1 saturated heterocycles. The van der Waals surface area contributed by atoms with Gasteiger partial charge in [-0.05, 0) is 18.4 Å². The number of nitrogens with zero attached hydrogens (tertiary/aromatic N) is 4. The van der Waals surface area contributed by atoms with Crippen molar-refractivity contribution in [3.63, 3.8) is 0 Å². The maximum atomic E-state index is 14.5. The maximum Gasteiger partial charge on any atom is 0.417 e. The summed E-state index contributed by atoms with van der Waals surface area (Å²) < 4.78 is 31.1. The lowest BCUT2D eigenvalue weighted by atomic mass is 10.1. The molecule has 15 heteroatoms. The highest BCUT2D eigenvalue weighted by molar-refractivity contribution is 7.99. The van der Waals surface area contributed by atoms with Crippen LogP contribution in [-0.4, -0.2) is 85.5 Å². The van der Waals surface area contributed by atoms with Gasteiger partial charge in [-0.2, -0.15) is 0 Å². The molecule has 3 N–H and O–H groups in total. The lowest BCUT2D eigenvalue weighted by molar-refractivity contribution is -0.119. The number of anilines is 4. The second-order valence-corrected chi connectivity index (χ2v) is 9.54. The largest absolute Gasteiger partial charge is 0.487 e. The molecule has 3 aliphatic rings. The van der Waals surface area contributed by atoms with E-state index >= 15 is 0 Å². The van der Waals surface area contributed by atoms with Gasteiger partial charge in [0.2, 0.25) is 5.91 Å². The summed E-state index contributed by atoms with van der Waals surface area (Å²) in [6, 6.07) is 2.85. The number of fused-ring (bicyclic) bond motifs is 2. The smallest absolute Gasteiger partial charge is 0.417 e. The number of rotatable bonds is 8. The van der Waals surface area contributed by atoms with Crippen LogP contribution in [-0.2, 0) is 14.3 Å². The van der Waals surface area contributed by atoms with Crippen molar-refractivity contribution in [3.05, 3.63) is 24.1 Å². The molecule has 0 unspecified atom stereocenters. The standard InChI is InChI=1S/C22H24FN7O6S/c1-29-16(32)8-25-13-4-3-12(23)18(17(13)29)34-6-5-24-10-22(37-2)11-30(21(33)36-22)14-7-26-20-19(27-14)28-15(31)9-35-20/h3-4,7,24-25H,5-6,8-11H2,1-2H3,(H,27,28,31)/t22-/m1/s1. The molecule has 1 aromatic heterocycles. The number of aromatic nitrogens is 2. The summed E-state index contributed by atoms with van der Waals surface area (Å²) in [4.78, 5) is 46.5. The molecular weight excluding hydrogens is 509 g/mol. The third kappa shape index (κ3) is 4.79. The number of hydrogen-bond acceptors (Lipinski definition) is 11. The van der Waals surface area contributed by atoms with E-state index in [1.165, 1.54) is 33.8 Å². The molecule has 0 spiro atoms. The zero-order valence-electron chi connectivity index (χ0n) is 20.0. The van der Waals surface area contributed by atoms with Crippen LogP contribution in [0.3, 0.4) is 0 Å². The maximum absolute atomic E-state index is 14.5. The van der Waals surface area contributed by atoms with E-state index in [4.69, 9.17) is 14.2 Å². The van der Waals surface area contributed by atoms with Crippen molar-refractivity contribution < 1.29 is 33.0 Å². The molecule has 37 heavy (non-hydrogen) atoms. The Morgan fingerprint density at radius 1 is 1.32 bits per heavy atom.